The van der Waals surface area contributed by atoms with Crippen LogP contribution < -0.4 is 24.3 Å². The lowest BCUT2D eigenvalue weighted by Crippen LogP contribution is -2.29. The Morgan fingerprint density at radius 2 is 1.57 bits per heavy atom. The van der Waals surface area contributed by atoms with Gasteiger partial charge in [-0.2, -0.15) is 0 Å². The zero-order valence-electron chi connectivity index (χ0n) is 18.3. The topological polar surface area (TPSA) is 75.3 Å². The molecule has 2 rings (SSSR count). The Hall–Kier alpha value is -2.93. The third kappa shape index (κ3) is 6.03. The summed E-state index contributed by atoms with van der Waals surface area (Å²) in [5.74, 6) is 1.93. The number of nitrogens with one attached hydrogen (secondary N) is 1. The Kier molecular flexibility index (Phi) is 9.28. The van der Waals surface area contributed by atoms with Gasteiger partial charge in [0.25, 0.3) is 5.91 Å². The van der Waals surface area contributed by atoms with Crippen LogP contribution in [0.25, 0.3) is 0 Å². The molecular formula is C23H31NO6. The van der Waals surface area contributed by atoms with Crippen molar-refractivity contribution in [3.05, 3.63) is 47.5 Å². The summed E-state index contributed by atoms with van der Waals surface area (Å²) in [6, 6.07) is 10.9. The highest BCUT2D eigenvalue weighted by atomic mass is 16.5. The number of rotatable bonds is 12. The van der Waals surface area contributed by atoms with Gasteiger partial charge in [0.1, 0.15) is 5.75 Å². The molecule has 0 aliphatic rings. The molecule has 164 valence electrons. The van der Waals surface area contributed by atoms with E-state index >= 15 is 0 Å². The number of carbonyl (C=O) groups excluding carboxylic acids is 1. The van der Waals surface area contributed by atoms with Crippen LogP contribution in [0.3, 0.4) is 0 Å². The Balaban J connectivity index is 2.21. The molecule has 30 heavy (non-hydrogen) atoms. The molecule has 0 heterocycles. The number of benzene rings is 2. The van der Waals surface area contributed by atoms with Gasteiger partial charge in [-0.25, -0.2) is 0 Å². The fourth-order valence-electron chi connectivity index (χ4n) is 2.99. The zero-order chi connectivity index (χ0) is 21.9. The molecular weight excluding hydrogens is 386 g/mol. The van der Waals surface area contributed by atoms with Crippen LogP contribution in [0.4, 0.5) is 0 Å². The van der Waals surface area contributed by atoms with Crippen molar-refractivity contribution in [1.82, 2.24) is 5.32 Å². The molecule has 1 atom stereocenters. The smallest absolute Gasteiger partial charge is 0.251 e. The van der Waals surface area contributed by atoms with Crippen molar-refractivity contribution in [3.63, 3.8) is 0 Å². The lowest BCUT2D eigenvalue weighted by molar-refractivity contribution is 0.0826. The maximum Gasteiger partial charge on any atom is 0.251 e. The van der Waals surface area contributed by atoms with Crippen LogP contribution in [-0.2, 0) is 4.74 Å². The maximum absolute atomic E-state index is 12.9. The van der Waals surface area contributed by atoms with E-state index in [0.29, 0.717) is 49.2 Å². The molecule has 0 spiro atoms. The molecule has 2 aromatic rings. The minimum Gasteiger partial charge on any atom is -0.497 e. The Morgan fingerprint density at radius 3 is 2.10 bits per heavy atom. The van der Waals surface area contributed by atoms with E-state index in [9.17, 15) is 4.79 Å². The standard InChI is InChI=1S/C23H31NO6/c1-6-28-19-13-17(14-20(29-7-2)22(19)30-8-3)23(25)24-15-21(27-5)16-10-9-11-18(12-16)26-4/h9-14,21H,6-8,15H2,1-5H3,(H,24,25). The maximum atomic E-state index is 12.9. The number of ether oxygens (including phenoxy) is 5. The number of hydrogen-bond donors (Lipinski definition) is 1. The first kappa shape index (κ1) is 23.3. The first-order valence-corrected chi connectivity index (χ1v) is 10.1. The van der Waals surface area contributed by atoms with E-state index in [4.69, 9.17) is 23.7 Å². The van der Waals surface area contributed by atoms with E-state index in [1.165, 1.54) is 0 Å². The van der Waals surface area contributed by atoms with Crippen LogP contribution in [0.2, 0.25) is 0 Å². The molecule has 1 N–H and O–H groups in total. The summed E-state index contributed by atoms with van der Waals surface area (Å²) < 4.78 is 27.9. The van der Waals surface area contributed by atoms with E-state index in [-0.39, 0.29) is 12.0 Å². The quantitative estimate of drug-likeness (QED) is 0.562. The van der Waals surface area contributed by atoms with E-state index in [2.05, 4.69) is 5.32 Å². The fourth-order valence-corrected chi connectivity index (χ4v) is 2.99. The summed E-state index contributed by atoms with van der Waals surface area (Å²) in [4.78, 5) is 12.9. The summed E-state index contributed by atoms with van der Waals surface area (Å²) >= 11 is 0. The highest BCUT2D eigenvalue weighted by molar-refractivity contribution is 5.95. The normalized spacial score (nSPS) is 11.5. The van der Waals surface area contributed by atoms with Gasteiger partial charge in [-0.05, 0) is 50.6 Å². The molecule has 2 aromatic carbocycles. The van der Waals surface area contributed by atoms with Gasteiger partial charge in [0.05, 0.1) is 33.0 Å². The minimum absolute atomic E-state index is 0.259. The van der Waals surface area contributed by atoms with Gasteiger partial charge in [-0.3, -0.25) is 4.79 Å². The van der Waals surface area contributed by atoms with Crippen LogP contribution in [0.15, 0.2) is 36.4 Å². The SMILES string of the molecule is CCOc1cc(C(=O)NCC(OC)c2cccc(OC)c2)cc(OCC)c1OCC. The van der Waals surface area contributed by atoms with E-state index in [0.717, 1.165) is 11.3 Å². The van der Waals surface area contributed by atoms with Crippen molar-refractivity contribution in [2.45, 2.75) is 26.9 Å². The third-order valence-corrected chi connectivity index (χ3v) is 4.37. The van der Waals surface area contributed by atoms with Crippen LogP contribution >= 0.6 is 0 Å². The van der Waals surface area contributed by atoms with Crippen LogP contribution in [0.1, 0.15) is 42.8 Å². The third-order valence-electron chi connectivity index (χ3n) is 4.37. The molecule has 0 aliphatic carbocycles. The molecule has 0 saturated heterocycles. The predicted molar refractivity (Wildman–Crippen MR) is 115 cm³/mol. The average Bonchev–Trinajstić information content (AvgIpc) is 2.76. The second-order valence-electron chi connectivity index (χ2n) is 6.31. The Morgan fingerprint density at radius 1 is 0.933 bits per heavy atom. The summed E-state index contributed by atoms with van der Waals surface area (Å²) in [6.07, 6.45) is -0.315. The van der Waals surface area contributed by atoms with Crippen molar-refractivity contribution in [1.29, 1.82) is 0 Å². The van der Waals surface area contributed by atoms with Crippen molar-refractivity contribution in [2.24, 2.45) is 0 Å². The second-order valence-corrected chi connectivity index (χ2v) is 6.31. The molecule has 0 aromatic heterocycles. The number of methoxy groups -OCH3 is 2. The average molecular weight is 418 g/mol. The summed E-state index contributed by atoms with van der Waals surface area (Å²) in [7, 11) is 3.22. The number of amides is 1. The summed E-state index contributed by atoms with van der Waals surface area (Å²) in [5, 5.41) is 2.92. The van der Waals surface area contributed by atoms with Gasteiger partial charge in [0, 0.05) is 19.2 Å². The molecule has 1 unspecified atom stereocenters. The molecule has 0 saturated carbocycles. The molecule has 0 aliphatic heterocycles. The van der Waals surface area contributed by atoms with Gasteiger partial charge < -0.3 is 29.0 Å². The first-order chi connectivity index (χ1) is 14.6. The van der Waals surface area contributed by atoms with Gasteiger partial charge in [-0.15, -0.1) is 0 Å². The monoisotopic (exact) mass is 417 g/mol. The van der Waals surface area contributed by atoms with Gasteiger partial charge >= 0.3 is 0 Å². The Labute approximate surface area is 178 Å². The van der Waals surface area contributed by atoms with Gasteiger partial charge in [0.15, 0.2) is 11.5 Å². The lowest BCUT2D eigenvalue weighted by atomic mass is 10.1. The molecule has 0 radical (unpaired) electrons. The number of hydrogen-bond acceptors (Lipinski definition) is 6. The fraction of sp³-hybridized carbons (Fsp3) is 0.435. The van der Waals surface area contributed by atoms with Crippen molar-refractivity contribution in [3.8, 4) is 23.0 Å². The predicted octanol–water partition coefficient (Wildman–Crippen LogP) is 4.01. The van der Waals surface area contributed by atoms with Gasteiger partial charge in [-0.1, -0.05) is 12.1 Å². The molecule has 0 fully saturated rings. The largest absolute Gasteiger partial charge is 0.497 e. The minimum atomic E-state index is -0.315. The zero-order valence-corrected chi connectivity index (χ0v) is 18.3. The van der Waals surface area contributed by atoms with Crippen molar-refractivity contribution >= 4 is 5.91 Å². The summed E-state index contributed by atoms with van der Waals surface area (Å²) in [6.45, 7) is 7.28. The Bertz CT molecular complexity index is 796. The summed E-state index contributed by atoms with van der Waals surface area (Å²) in [5.41, 5.74) is 1.33. The van der Waals surface area contributed by atoms with Crippen LogP contribution in [-0.4, -0.2) is 46.5 Å². The lowest BCUT2D eigenvalue weighted by Gasteiger charge is -2.19. The molecule has 0 bridgehead atoms. The van der Waals surface area contributed by atoms with Crippen molar-refractivity contribution in [2.75, 3.05) is 40.6 Å². The molecule has 7 nitrogen and oxygen atoms in total. The molecule has 7 heteroatoms. The van der Waals surface area contributed by atoms with E-state index in [1.807, 2.05) is 45.0 Å². The van der Waals surface area contributed by atoms with Gasteiger partial charge in [0.2, 0.25) is 5.75 Å². The highest BCUT2D eigenvalue weighted by Crippen LogP contribution is 2.39. The van der Waals surface area contributed by atoms with E-state index < -0.39 is 0 Å². The van der Waals surface area contributed by atoms with Crippen LogP contribution in [0.5, 0.6) is 23.0 Å². The number of carbonyl (C=O) groups is 1. The molecule has 1 amide bonds. The first-order valence-electron chi connectivity index (χ1n) is 10.1. The second kappa shape index (κ2) is 11.9. The van der Waals surface area contributed by atoms with Crippen molar-refractivity contribution < 1.29 is 28.5 Å². The van der Waals surface area contributed by atoms with Crippen LogP contribution in [0, 0.1) is 0 Å². The van der Waals surface area contributed by atoms with E-state index in [1.54, 1.807) is 26.4 Å². The highest BCUT2D eigenvalue weighted by Gasteiger charge is 2.19.